The number of aromatic nitrogens is 1. The Labute approximate surface area is 183 Å². The summed E-state index contributed by atoms with van der Waals surface area (Å²) in [5, 5.41) is 2.70. The van der Waals surface area contributed by atoms with Gasteiger partial charge in [-0.05, 0) is 43.5 Å². The van der Waals surface area contributed by atoms with Crippen LogP contribution in [0.3, 0.4) is 0 Å². The Balaban J connectivity index is 1.74. The Hall–Kier alpha value is -2.33. The van der Waals surface area contributed by atoms with Crippen molar-refractivity contribution in [3.8, 4) is 0 Å². The predicted molar refractivity (Wildman–Crippen MR) is 111 cm³/mol. The van der Waals surface area contributed by atoms with Crippen LogP contribution in [0.5, 0.6) is 0 Å². The average Bonchev–Trinajstić information content (AvgIpc) is 3.16. The number of anilines is 1. The number of carbonyl (C=O) groups is 1. The fourth-order valence-corrected chi connectivity index (χ4v) is 4.39. The lowest BCUT2D eigenvalue weighted by atomic mass is 10.1. The molecule has 168 valence electrons. The van der Waals surface area contributed by atoms with E-state index in [0.717, 1.165) is 17.9 Å². The number of carbonyl (C=O) groups excluding carboxylic acids is 1. The number of halogens is 4. The summed E-state index contributed by atoms with van der Waals surface area (Å²) >= 11 is 6.05. The van der Waals surface area contributed by atoms with Gasteiger partial charge < -0.3 is 10.2 Å². The lowest BCUT2D eigenvalue weighted by molar-refractivity contribution is -0.137. The second-order valence-corrected chi connectivity index (χ2v) is 9.87. The van der Waals surface area contributed by atoms with Crippen LogP contribution in [0.1, 0.15) is 36.9 Å². The average molecular weight is 476 g/mol. The Bertz CT molecular complexity index is 1080. The first-order valence-electron chi connectivity index (χ1n) is 9.47. The van der Waals surface area contributed by atoms with E-state index in [-0.39, 0.29) is 21.6 Å². The SMILES string of the molecule is C[C@H](NC(=O)[C@H]1CCCN1c1ncc(C(F)(F)F)cc1Cl)c1ccc(S(C)(=O)=O)cc1. The van der Waals surface area contributed by atoms with Crippen LogP contribution in [0.15, 0.2) is 41.4 Å². The van der Waals surface area contributed by atoms with Gasteiger partial charge in [-0.25, -0.2) is 13.4 Å². The summed E-state index contributed by atoms with van der Waals surface area (Å²) in [4.78, 5) is 18.5. The van der Waals surface area contributed by atoms with Crippen molar-refractivity contribution in [3.63, 3.8) is 0 Å². The summed E-state index contributed by atoms with van der Waals surface area (Å²) in [5.41, 5.74) is -0.233. The number of hydrogen-bond acceptors (Lipinski definition) is 5. The lowest BCUT2D eigenvalue weighted by Crippen LogP contribution is -2.44. The second kappa shape index (κ2) is 8.66. The fraction of sp³-hybridized carbons (Fsp3) is 0.400. The van der Waals surface area contributed by atoms with Crippen molar-refractivity contribution in [3.05, 3.63) is 52.7 Å². The van der Waals surface area contributed by atoms with Gasteiger partial charge in [-0.3, -0.25) is 4.79 Å². The molecule has 0 saturated carbocycles. The first kappa shape index (κ1) is 23.3. The Morgan fingerprint density at radius 1 is 1.29 bits per heavy atom. The van der Waals surface area contributed by atoms with Gasteiger partial charge in [-0.2, -0.15) is 13.2 Å². The van der Waals surface area contributed by atoms with E-state index < -0.39 is 33.7 Å². The smallest absolute Gasteiger partial charge is 0.348 e. The van der Waals surface area contributed by atoms with E-state index in [1.165, 1.54) is 12.1 Å². The van der Waals surface area contributed by atoms with E-state index in [1.807, 2.05) is 0 Å². The lowest BCUT2D eigenvalue weighted by Gasteiger charge is -2.27. The Morgan fingerprint density at radius 2 is 1.94 bits per heavy atom. The van der Waals surface area contributed by atoms with Crippen LogP contribution >= 0.6 is 11.6 Å². The van der Waals surface area contributed by atoms with Gasteiger partial charge in [0.05, 0.1) is 21.5 Å². The van der Waals surface area contributed by atoms with E-state index in [9.17, 15) is 26.4 Å². The molecule has 6 nitrogen and oxygen atoms in total. The summed E-state index contributed by atoms with van der Waals surface area (Å²) < 4.78 is 61.8. The van der Waals surface area contributed by atoms with E-state index in [1.54, 1.807) is 24.0 Å². The van der Waals surface area contributed by atoms with Crippen molar-refractivity contribution in [2.75, 3.05) is 17.7 Å². The highest BCUT2D eigenvalue weighted by molar-refractivity contribution is 7.90. The maximum Gasteiger partial charge on any atom is 0.417 e. The molecule has 31 heavy (non-hydrogen) atoms. The number of hydrogen-bond donors (Lipinski definition) is 1. The molecule has 1 aliphatic heterocycles. The predicted octanol–water partition coefficient (Wildman–Crippen LogP) is 4.00. The molecule has 1 aromatic heterocycles. The molecule has 0 unspecified atom stereocenters. The molecule has 0 aliphatic carbocycles. The number of rotatable bonds is 5. The molecule has 2 atom stereocenters. The van der Waals surface area contributed by atoms with E-state index >= 15 is 0 Å². The van der Waals surface area contributed by atoms with Gasteiger partial charge in [0.2, 0.25) is 5.91 Å². The minimum absolute atomic E-state index is 0.137. The molecule has 2 aromatic rings. The van der Waals surface area contributed by atoms with Crippen molar-refractivity contribution in [2.24, 2.45) is 0 Å². The third-order valence-electron chi connectivity index (χ3n) is 5.14. The van der Waals surface area contributed by atoms with Crippen LogP contribution in [0.4, 0.5) is 19.0 Å². The Morgan fingerprint density at radius 3 is 2.48 bits per heavy atom. The molecule has 3 rings (SSSR count). The molecule has 1 aliphatic rings. The number of nitrogens with zero attached hydrogens (tertiary/aromatic N) is 2. The van der Waals surface area contributed by atoms with Gasteiger partial charge in [0.25, 0.3) is 0 Å². The number of pyridine rings is 1. The van der Waals surface area contributed by atoms with Crippen molar-refractivity contribution in [1.82, 2.24) is 10.3 Å². The standard InChI is InChI=1S/C20H21ClF3N3O3S/c1-12(13-5-7-15(8-6-13)31(2,29)30)26-19(28)17-4-3-9-27(17)18-16(21)10-14(11-25-18)20(22,23)24/h5-8,10-12,17H,3-4,9H2,1-2H3,(H,26,28)/t12-,17+/m0/s1. The molecule has 1 amide bonds. The van der Waals surface area contributed by atoms with E-state index in [2.05, 4.69) is 10.3 Å². The van der Waals surface area contributed by atoms with Crippen molar-refractivity contribution in [2.45, 2.75) is 42.9 Å². The largest absolute Gasteiger partial charge is 0.417 e. The van der Waals surface area contributed by atoms with E-state index in [0.29, 0.717) is 25.6 Å². The van der Waals surface area contributed by atoms with Gasteiger partial charge in [0.15, 0.2) is 9.84 Å². The van der Waals surface area contributed by atoms with Crippen molar-refractivity contribution in [1.29, 1.82) is 0 Å². The van der Waals surface area contributed by atoms with E-state index in [4.69, 9.17) is 11.6 Å². The monoisotopic (exact) mass is 475 g/mol. The number of nitrogens with one attached hydrogen (secondary N) is 1. The quantitative estimate of drug-likeness (QED) is 0.707. The molecule has 11 heteroatoms. The first-order valence-corrected chi connectivity index (χ1v) is 11.7. The van der Waals surface area contributed by atoms with Crippen LogP contribution in [-0.4, -0.2) is 38.2 Å². The zero-order valence-electron chi connectivity index (χ0n) is 16.8. The number of sulfone groups is 1. The summed E-state index contributed by atoms with van der Waals surface area (Å²) in [6, 6.07) is 5.98. The van der Waals surface area contributed by atoms with Crippen LogP contribution < -0.4 is 10.2 Å². The van der Waals surface area contributed by atoms with Gasteiger partial charge in [0.1, 0.15) is 11.9 Å². The molecular weight excluding hydrogens is 455 g/mol. The van der Waals surface area contributed by atoms with Gasteiger partial charge >= 0.3 is 6.18 Å². The number of alkyl halides is 3. The van der Waals surface area contributed by atoms with Gasteiger partial charge in [0, 0.05) is 19.0 Å². The summed E-state index contributed by atoms with van der Waals surface area (Å²) in [7, 11) is -3.32. The highest BCUT2D eigenvalue weighted by Crippen LogP contribution is 2.35. The maximum absolute atomic E-state index is 12.9. The summed E-state index contributed by atoms with van der Waals surface area (Å²) in [5.74, 6) is -0.174. The van der Waals surface area contributed by atoms with Crippen molar-refractivity contribution >= 4 is 33.2 Å². The molecule has 1 aromatic carbocycles. The van der Waals surface area contributed by atoms with Crippen LogP contribution in [0, 0.1) is 0 Å². The van der Waals surface area contributed by atoms with Crippen LogP contribution in [-0.2, 0) is 20.8 Å². The fourth-order valence-electron chi connectivity index (χ4n) is 3.49. The minimum atomic E-state index is -4.56. The molecule has 1 fully saturated rings. The highest BCUT2D eigenvalue weighted by atomic mass is 35.5. The van der Waals surface area contributed by atoms with Crippen molar-refractivity contribution < 1.29 is 26.4 Å². The van der Waals surface area contributed by atoms with Gasteiger partial charge in [-0.1, -0.05) is 23.7 Å². The minimum Gasteiger partial charge on any atom is -0.348 e. The molecule has 1 saturated heterocycles. The molecule has 0 radical (unpaired) electrons. The number of benzene rings is 1. The topological polar surface area (TPSA) is 79.4 Å². The molecule has 0 spiro atoms. The molecule has 0 bridgehead atoms. The zero-order valence-corrected chi connectivity index (χ0v) is 18.4. The summed E-state index contributed by atoms with van der Waals surface area (Å²) in [6.07, 6.45) is -1.57. The zero-order chi connectivity index (χ0) is 23.0. The molecule has 2 heterocycles. The normalized spacial score (nSPS) is 18.1. The first-order chi connectivity index (χ1) is 14.4. The molecule has 1 N–H and O–H groups in total. The van der Waals surface area contributed by atoms with Crippen LogP contribution in [0.2, 0.25) is 5.02 Å². The maximum atomic E-state index is 12.9. The highest BCUT2D eigenvalue weighted by Gasteiger charge is 2.36. The van der Waals surface area contributed by atoms with Gasteiger partial charge in [-0.15, -0.1) is 0 Å². The second-order valence-electron chi connectivity index (χ2n) is 7.45. The molecular formula is C20H21ClF3N3O3S. The number of amides is 1. The third-order valence-corrected chi connectivity index (χ3v) is 6.55. The summed E-state index contributed by atoms with van der Waals surface area (Å²) in [6.45, 7) is 2.20. The third kappa shape index (κ3) is 5.30. The van der Waals surface area contributed by atoms with Crippen LogP contribution in [0.25, 0.3) is 0 Å². The Kier molecular flexibility index (Phi) is 6.52.